The number of rotatable bonds is 6. The monoisotopic (exact) mass is 366 g/mol. The molecule has 28 heavy (non-hydrogen) atoms. The third-order valence-electron chi connectivity index (χ3n) is 4.94. The van der Waals surface area contributed by atoms with Gasteiger partial charge < -0.3 is 0 Å². The molecule has 3 heteroatoms. The summed E-state index contributed by atoms with van der Waals surface area (Å²) in [7, 11) is 0. The van der Waals surface area contributed by atoms with E-state index in [1.54, 1.807) is 0 Å². The molecular formula is C25H22N2O. The van der Waals surface area contributed by atoms with Crippen LogP contribution in [0, 0.1) is 5.92 Å². The van der Waals surface area contributed by atoms with Gasteiger partial charge in [0.05, 0.1) is 5.71 Å². The van der Waals surface area contributed by atoms with E-state index in [1.165, 1.54) is 5.56 Å². The van der Waals surface area contributed by atoms with Crippen LogP contribution in [0.1, 0.15) is 29.0 Å². The van der Waals surface area contributed by atoms with E-state index in [0.717, 1.165) is 23.3 Å². The van der Waals surface area contributed by atoms with Crippen molar-refractivity contribution in [2.45, 2.75) is 12.3 Å². The second-order valence-corrected chi connectivity index (χ2v) is 6.94. The topological polar surface area (TPSA) is 41.5 Å². The average Bonchev–Trinajstić information content (AvgIpc) is 3.57. The molecule has 1 aliphatic rings. The van der Waals surface area contributed by atoms with Crippen molar-refractivity contribution in [1.29, 1.82) is 0 Å². The molecule has 3 nitrogen and oxygen atoms in total. The number of carbonyl (C=O) groups excluding carboxylic acids is 1. The van der Waals surface area contributed by atoms with Crippen molar-refractivity contribution in [2.75, 3.05) is 0 Å². The molecule has 138 valence electrons. The fourth-order valence-electron chi connectivity index (χ4n) is 3.30. The Balaban J connectivity index is 1.48. The van der Waals surface area contributed by atoms with Gasteiger partial charge in [0.2, 0.25) is 5.91 Å². The molecule has 0 spiro atoms. The van der Waals surface area contributed by atoms with E-state index in [2.05, 4.69) is 22.7 Å². The number of carbonyl (C=O) groups is 1. The van der Waals surface area contributed by atoms with Gasteiger partial charge in [-0.3, -0.25) is 4.79 Å². The zero-order chi connectivity index (χ0) is 19.2. The van der Waals surface area contributed by atoms with Crippen LogP contribution in [-0.2, 0) is 4.79 Å². The van der Waals surface area contributed by atoms with Crippen LogP contribution in [0.4, 0.5) is 0 Å². The molecule has 3 aromatic rings. The number of nitrogens with one attached hydrogen (secondary N) is 1. The maximum atomic E-state index is 12.6. The zero-order valence-electron chi connectivity index (χ0n) is 15.5. The first-order valence-electron chi connectivity index (χ1n) is 9.52. The van der Waals surface area contributed by atoms with Gasteiger partial charge in [-0.05, 0) is 29.5 Å². The predicted molar refractivity (Wildman–Crippen MR) is 114 cm³/mol. The summed E-state index contributed by atoms with van der Waals surface area (Å²) in [6, 6.07) is 30.1. The van der Waals surface area contributed by atoms with Crippen molar-refractivity contribution in [1.82, 2.24) is 5.43 Å². The Hall–Kier alpha value is -3.46. The van der Waals surface area contributed by atoms with Crippen molar-refractivity contribution in [2.24, 2.45) is 11.0 Å². The molecule has 0 bridgehead atoms. The summed E-state index contributed by atoms with van der Waals surface area (Å²) in [6.45, 7) is 0. The average molecular weight is 366 g/mol. The van der Waals surface area contributed by atoms with Gasteiger partial charge in [-0.1, -0.05) is 97.1 Å². The summed E-state index contributed by atoms with van der Waals surface area (Å²) in [5, 5.41) is 4.43. The number of amides is 1. The van der Waals surface area contributed by atoms with Crippen LogP contribution >= 0.6 is 0 Å². The van der Waals surface area contributed by atoms with E-state index in [4.69, 9.17) is 0 Å². The molecule has 4 rings (SSSR count). The molecule has 1 amide bonds. The van der Waals surface area contributed by atoms with Gasteiger partial charge >= 0.3 is 0 Å². The van der Waals surface area contributed by atoms with Crippen LogP contribution in [0.3, 0.4) is 0 Å². The molecule has 2 atom stereocenters. The second kappa shape index (κ2) is 8.49. The zero-order valence-corrected chi connectivity index (χ0v) is 15.5. The van der Waals surface area contributed by atoms with Crippen LogP contribution < -0.4 is 5.43 Å². The van der Waals surface area contributed by atoms with Gasteiger partial charge in [-0.25, -0.2) is 5.43 Å². The van der Waals surface area contributed by atoms with Crippen molar-refractivity contribution in [3.63, 3.8) is 0 Å². The molecule has 1 N–H and O–H groups in total. The first-order valence-corrected chi connectivity index (χ1v) is 9.52. The van der Waals surface area contributed by atoms with Crippen molar-refractivity contribution >= 4 is 17.7 Å². The fourth-order valence-corrected chi connectivity index (χ4v) is 3.30. The summed E-state index contributed by atoms with van der Waals surface area (Å²) in [4.78, 5) is 12.6. The predicted octanol–water partition coefficient (Wildman–Crippen LogP) is 5.02. The SMILES string of the molecule is O=C(N/N=C(\C=C\c1ccccc1)c1ccccc1)C1CC1c1ccccc1. The van der Waals surface area contributed by atoms with Crippen LogP contribution in [0.15, 0.2) is 102 Å². The molecule has 1 aliphatic carbocycles. The highest BCUT2D eigenvalue weighted by Gasteiger charge is 2.43. The fraction of sp³-hybridized carbons (Fsp3) is 0.120. The highest BCUT2D eigenvalue weighted by Crippen LogP contribution is 2.47. The third kappa shape index (κ3) is 4.44. The van der Waals surface area contributed by atoms with E-state index >= 15 is 0 Å². The molecule has 0 heterocycles. The van der Waals surface area contributed by atoms with Crippen LogP contribution in [0.5, 0.6) is 0 Å². The molecule has 2 unspecified atom stereocenters. The van der Waals surface area contributed by atoms with Crippen molar-refractivity contribution in [3.05, 3.63) is 114 Å². The number of hydrazone groups is 1. The van der Waals surface area contributed by atoms with Crippen LogP contribution in [0.2, 0.25) is 0 Å². The summed E-state index contributed by atoms with van der Waals surface area (Å²) in [5.41, 5.74) is 6.78. The Morgan fingerprint density at radius 3 is 2.14 bits per heavy atom. The largest absolute Gasteiger partial charge is 0.273 e. The quantitative estimate of drug-likeness (QED) is 0.483. The smallest absolute Gasteiger partial charge is 0.243 e. The normalized spacial score (nSPS) is 18.8. The number of allylic oxidation sites excluding steroid dienone is 1. The minimum Gasteiger partial charge on any atom is -0.273 e. The lowest BCUT2D eigenvalue weighted by Crippen LogP contribution is -2.21. The lowest BCUT2D eigenvalue weighted by molar-refractivity contribution is -0.122. The van der Waals surface area contributed by atoms with Gasteiger partial charge in [0.15, 0.2) is 0 Å². The third-order valence-corrected chi connectivity index (χ3v) is 4.94. The highest BCUT2D eigenvalue weighted by atomic mass is 16.2. The van der Waals surface area contributed by atoms with Crippen molar-refractivity contribution in [3.8, 4) is 0 Å². The summed E-state index contributed by atoms with van der Waals surface area (Å²) < 4.78 is 0. The number of hydrogen-bond donors (Lipinski definition) is 1. The van der Waals surface area contributed by atoms with Gasteiger partial charge in [0.1, 0.15) is 0 Å². The molecule has 1 saturated carbocycles. The van der Waals surface area contributed by atoms with E-state index < -0.39 is 0 Å². The Labute approximate surface area is 165 Å². The lowest BCUT2D eigenvalue weighted by atomic mass is 10.1. The van der Waals surface area contributed by atoms with Gasteiger partial charge in [-0.2, -0.15) is 5.10 Å². The number of benzene rings is 3. The van der Waals surface area contributed by atoms with E-state index in [9.17, 15) is 4.79 Å². The molecule has 0 radical (unpaired) electrons. The molecule has 1 fully saturated rings. The highest BCUT2D eigenvalue weighted by molar-refractivity contribution is 6.11. The first kappa shape index (κ1) is 17.9. The molecule has 0 saturated heterocycles. The van der Waals surface area contributed by atoms with Crippen molar-refractivity contribution < 1.29 is 4.79 Å². The maximum absolute atomic E-state index is 12.6. The summed E-state index contributed by atoms with van der Waals surface area (Å²) in [5.74, 6) is 0.285. The minimum absolute atomic E-state index is 0.00118. The van der Waals surface area contributed by atoms with E-state index in [1.807, 2.05) is 91.0 Å². The summed E-state index contributed by atoms with van der Waals surface area (Å²) in [6.07, 6.45) is 4.82. The molecule has 0 aromatic heterocycles. The first-order chi connectivity index (χ1) is 13.8. The lowest BCUT2D eigenvalue weighted by Gasteiger charge is -2.04. The molecule has 0 aliphatic heterocycles. The Bertz CT molecular complexity index is 979. The second-order valence-electron chi connectivity index (χ2n) is 6.94. The van der Waals surface area contributed by atoms with Gasteiger partial charge in [-0.15, -0.1) is 0 Å². The van der Waals surface area contributed by atoms with E-state index in [0.29, 0.717) is 5.92 Å². The van der Waals surface area contributed by atoms with Gasteiger partial charge in [0, 0.05) is 11.5 Å². The standard InChI is InChI=1S/C25H22N2O/c28-25(23-18-22(23)20-12-6-2-7-13-20)27-26-24(21-14-8-3-9-15-21)17-16-19-10-4-1-5-11-19/h1-17,22-23H,18H2,(H,27,28)/b17-16+,26-24+. The Morgan fingerprint density at radius 2 is 1.46 bits per heavy atom. The molecular weight excluding hydrogens is 344 g/mol. The Kier molecular flexibility index (Phi) is 5.43. The Morgan fingerprint density at radius 1 is 0.857 bits per heavy atom. The minimum atomic E-state index is -0.0182. The molecule has 3 aromatic carbocycles. The van der Waals surface area contributed by atoms with Crippen LogP contribution in [-0.4, -0.2) is 11.6 Å². The van der Waals surface area contributed by atoms with E-state index in [-0.39, 0.29) is 11.8 Å². The number of nitrogens with zero attached hydrogens (tertiary/aromatic N) is 1. The summed E-state index contributed by atoms with van der Waals surface area (Å²) >= 11 is 0. The number of hydrogen-bond acceptors (Lipinski definition) is 2. The maximum Gasteiger partial charge on any atom is 0.243 e. The van der Waals surface area contributed by atoms with Crippen LogP contribution in [0.25, 0.3) is 6.08 Å². The van der Waals surface area contributed by atoms with Gasteiger partial charge in [0.25, 0.3) is 0 Å².